The summed E-state index contributed by atoms with van der Waals surface area (Å²) in [5.41, 5.74) is 2.81. The second kappa shape index (κ2) is 8.34. The predicted octanol–water partition coefficient (Wildman–Crippen LogP) is 4.39. The maximum Gasteiger partial charge on any atom is 0.269 e. The average molecular weight is 420 g/mol. The Bertz CT molecular complexity index is 1070. The van der Waals surface area contributed by atoms with Gasteiger partial charge in [-0.25, -0.2) is 0 Å². The van der Waals surface area contributed by atoms with Crippen LogP contribution in [0.2, 0.25) is 0 Å². The van der Waals surface area contributed by atoms with E-state index in [1.807, 2.05) is 38.1 Å². The fourth-order valence-corrected chi connectivity index (χ4v) is 4.43. The van der Waals surface area contributed by atoms with E-state index in [9.17, 15) is 19.7 Å². The van der Waals surface area contributed by atoms with Crippen molar-refractivity contribution in [3.05, 3.63) is 81.0 Å². The quantitative estimate of drug-likeness (QED) is 0.571. The summed E-state index contributed by atoms with van der Waals surface area (Å²) in [6.45, 7) is 3.93. The van der Waals surface area contributed by atoms with Crippen LogP contribution < -0.4 is 10.1 Å². The minimum atomic E-state index is -0.465. The van der Waals surface area contributed by atoms with E-state index in [1.165, 1.54) is 12.1 Å². The maximum atomic E-state index is 13.2. The molecule has 0 spiro atoms. The van der Waals surface area contributed by atoms with Crippen LogP contribution in [0.15, 0.2) is 59.8 Å². The van der Waals surface area contributed by atoms with Crippen molar-refractivity contribution in [1.29, 1.82) is 0 Å². The molecule has 0 radical (unpaired) electrons. The highest BCUT2D eigenvalue weighted by Crippen LogP contribution is 2.43. The van der Waals surface area contributed by atoms with E-state index in [0.29, 0.717) is 29.7 Å². The Kier molecular flexibility index (Phi) is 5.59. The first-order valence-electron chi connectivity index (χ1n) is 10.4. The standard InChI is InChI=1S/C24H24N2O5/c1-14(2)31-19-8-6-15(7-9-19)17-11-21-24(22(27)12-17)20(13-23(28)25-21)16-4-3-5-18(10-16)26(29)30/h3-10,14,17,20H,11-13H2,1-2H3,(H,25,28). The van der Waals surface area contributed by atoms with E-state index in [2.05, 4.69) is 5.32 Å². The van der Waals surface area contributed by atoms with Crippen LogP contribution in [-0.4, -0.2) is 22.7 Å². The Labute approximate surface area is 180 Å². The van der Waals surface area contributed by atoms with Crippen molar-refractivity contribution in [2.45, 2.75) is 51.0 Å². The molecule has 2 unspecified atom stereocenters. The van der Waals surface area contributed by atoms with Gasteiger partial charge in [0.1, 0.15) is 5.75 Å². The molecule has 0 bridgehead atoms. The number of nitrogens with one attached hydrogen (secondary N) is 1. The van der Waals surface area contributed by atoms with Crippen LogP contribution in [0.25, 0.3) is 0 Å². The normalized spacial score (nSPS) is 21.0. The molecule has 0 fully saturated rings. The average Bonchev–Trinajstić information content (AvgIpc) is 2.73. The number of nitro groups is 1. The van der Waals surface area contributed by atoms with Crippen molar-refractivity contribution < 1.29 is 19.2 Å². The van der Waals surface area contributed by atoms with Gasteiger partial charge >= 0.3 is 0 Å². The zero-order valence-corrected chi connectivity index (χ0v) is 17.5. The molecule has 1 heterocycles. The lowest BCUT2D eigenvalue weighted by atomic mass is 9.73. The van der Waals surface area contributed by atoms with Gasteiger partial charge in [-0.05, 0) is 49.4 Å². The van der Waals surface area contributed by atoms with Crippen LogP contribution >= 0.6 is 0 Å². The molecule has 1 aliphatic heterocycles. The zero-order valence-electron chi connectivity index (χ0n) is 17.5. The number of allylic oxidation sites excluding steroid dienone is 2. The topological polar surface area (TPSA) is 98.5 Å². The van der Waals surface area contributed by atoms with Gasteiger partial charge in [0.2, 0.25) is 5.91 Å². The molecule has 2 aliphatic rings. The van der Waals surface area contributed by atoms with Gasteiger partial charge in [-0.2, -0.15) is 0 Å². The first-order valence-corrected chi connectivity index (χ1v) is 10.4. The number of ketones is 1. The van der Waals surface area contributed by atoms with Crippen molar-refractivity contribution in [3.8, 4) is 5.75 Å². The number of nitrogens with zero attached hydrogens (tertiary/aromatic N) is 1. The molecule has 2 atom stereocenters. The number of hydrogen-bond donors (Lipinski definition) is 1. The molecule has 7 heteroatoms. The molecule has 160 valence electrons. The largest absolute Gasteiger partial charge is 0.491 e. The van der Waals surface area contributed by atoms with Crippen molar-refractivity contribution in [1.82, 2.24) is 5.32 Å². The third-order valence-corrected chi connectivity index (χ3v) is 5.74. The second-order valence-corrected chi connectivity index (χ2v) is 8.31. The fraction of sp³-hybridized carbons (Fsp3) is 0.333. The van der Waals surface area contributed by atoms with Crippen LogP contribution in [-0.2, 0) is 9.59 Å². The van der Waals surface area contributed by atoms with Gasteiger partial charge in [0.15, 0.2) is 5.78 Å². The summed E-state index contributed by atoms with van der Waals surface area (Å²) in [5, 5.41) is 14.1. The molecule has 1 aliphatic carbocycles. The van der Waals surface area contributed by atoms with Crippen LogP contribution in [0, 0.1) is 10.1 Å². The summed E-state index contributed by atoms with van der Waals surface area (Å²) < 4.78 is 5.69. The summed E-state index contributed by atoms with van der Waals surface area (Å²) >= 11 is 0. The molecule has 0 saturated carbocycles. The Hall–Kier alpha value is -3.48. The second-order valence-electron chi connectivity index (χ2n) is 8.31. The molecule has 0 aromatic heterocycles. The molecular weight excluding hydrogens is 396 g/mol. The van der Waals surface area contributed by atoms with E-state index in [1.54, 1.807) is 12.1 Å². The molecule has 0 saturated heterocycles. The summed E-state index contributed by atoms with van der Waals surface area (Å²) in [6, 6.07) is 13.9. The van der Waals surface area contributed by atoms with Gasteiger partial charge < -0.3 is 10.1 Å². The van der Waals surface area contributed by atoms with Crippen LogP contribution in [0.4, 0.5) is 5.69 Å². The number of nitro benzene ring substituents is 1. The third-order valence-electron chi connectivity index (χ3n) is 5.74. The van der Waals surface area contributed by atoms with E-state index < -0.39 is 10.8 Å². The summed E-state index contributed by atoms with van der Waals surface area (Å²) in [4.78, 5) is 36.3. The molecule has 2 aromatic carbocycles. The van der Waals surface area contributed by atoms with Crippen molar-refractivity contribution in [2.24, 2.45) is 0 Å². The summed E-state index contributed by atoms with van der Waals surface area (Å²) in [6.07, 6.45) is 1.07. The van der Waals surface area contributed by atoms with E-state index >= 15 is 0 Å². The lowest BCUT2D eigenvalue weighted by Gasteiger charge is -2.34. The Balaban J connectivity index is 1.63. The first-order chi connectivity index (χ1) is 14.8. The minimum absolute atomic E-state index is 0.0229. The molecule has 1 N–H and O–H groups in total. The van der Waals surface area contributed by atoms with Crippen LogP contribution in [0.5, 0.6) is 5.75 Å². The van der Waals surface area contributed by atoms with Gasteiger partial charge in [-0.1, -0.05) is 24.3 Å². The van der Waals surface area contributed by atoms with Gasteiger partial charge in [0, 0.05) is 42.2 Å². The van der Waals surface area contributed by atoms with Crippen molar-refractivity contribution >= 4 is 17.4 Å². The number of carbonyl (C=O) groups is 2. The van der Waals surface area contributed by atoms with Gasteiger partial charge in [-0.15, -0.1) is 0 Å². The highest BCUT2D eigenvalue weighted by Gasteiger charge is 2.38. The number of benzene rings is 2. The van der Waals surface area contributed by atoms with Crippen LogP contribution in [0.1, 0.15) is 56.1 Å². The highest BCUT2D eigenvalue weighted by molar-refractivity contribution is 6.02. The minimum Gasteiger partial charge on any atom is -0.491 e. The number of Topliss-reactive ketones (excluding diaryl/α,β-unsaturated/α-hetero) is 1. The molecule has 1 amide bonds. The van der Waals surface area contributed by atoms with Gasteiger partial charge in [-0.3, -0.25) is 19.7 Å². The Morgan fingerprint density at radius 1 is 1.03 bits per heavy atom. The molecule has 31 heavy (non-hydrogen) atoms. The van der Waals surface area contributed by atoms with Gasteiger partial charge in [0.25, 0.3) is 5.69 Å². The fourth-order valence-electron chi connectivity index (χ4n) is 4.43. The maximum absolute atomic E-state index is 13.2. The third kappa shape index (κ3) is 4.35. The zero-order chi connectivity index (χ0) is 22.1. The van der Waals surface area contributed by atoms with E-state index in [-0.39, 0.29) is 35.8 Å². The number of carbonyl (C=O) groups excluding carboxylic acids is 2. The van der Waals surface area contributed by atoms with E-state index in [4.69, 9.17) is 4.74 Å². The lowest BCUT2D eigenvalue weighted by Crippen LogP contribution is -2.38. The number of rotatable bonds is 5. The summed E-state index contributed by atoms with van der Waals surface area (Å²) in [7, 11) is 0. The monoisotopic (exact) mass is 420 g/mol. The van der Waals surface area contributed by atoms with Gasteiger partial charge in [0.05, 0.1) is 11.0 Å². The lowest BCUT2D eigenvalue weighted by molar-refractivity contribution is -0.384. The smallest absolute Gasteiger partial charge is 0.269 e. The Morgan fingerprint density at radius 2 is 1.77 bits per heavy atom. The first kappa shape index (κ1) is 20.8. The highest BCUT2D eigenvalue weighted by atomic mass is 16.6. The molecule has 4 rings (SSSR count). The van der Waals surface area contributed by atoms with Crippen LogP contribution in [0.3, 0.4) is 0 Å². The number of non-ortho nitro benzene ring substituents is 1. The number of hydrogen-bond acceptors (Lipinski definition) is 5. The molecular formula is C24H24N2O5. The van der Waals surface area contributed by atoms with Crippen molar-refractivity contribution in [3.63, 3.8) is 0 Å². The molecule has 7 nitrogen and oxygen atoms in total. The van der Waals surface area contributed by atoms with E-state index in [0.717, 1.165) is 11.3 Å². The SMILES string of the molecule is CC(C)Oc1ccc(C2CC(=O)C3=C(C2)NC(=O)CC3c2cccc([N+](=O)[O-])c2)cc1. The molecule has 2 aromatic rings. The number of ether oxygens (including phenoxy) is 1. The summed E-state index contributed by atoms with van der Waals surface area (Å²) in [5.74, 6) is 0.0783. The Morgan fingerprint density at radius 3 is 2.45 bits per heavy atom. The number of amides is 1. The van der Waals surface area contributed by atoms with Crippen molar-refractivity contribution in [2.75, 3.05) is 0 Å². The predicted molar refractivity (Wildman–Crippen MR) is 115 cm³/mol.